The van der Waals surface area contributed by atoms with Gasteiger partial charge >= 0.3 is 0 Å². The molecule has 1 N–H and O–H groups in total. The maximum Gasteiger partial charge on any atom is 0.139 e. The number of aliphatic imine (C=N–C) groups is 1. The molecule has 0 amide bonds. The zero-order valence-corrected chi connectivity index (χ0v) is 15.9. The largest absolute Gasteiger partial charge is 0.396 e. The lowest BCUT2D eigenvalue weighted by Gasteiger charge is -2.28. The lowest BCUT2D eigenvalue weighted by Crippen LogP contribution is -2.40. The number of aromatic nitrogens is 1. The van der Waals surface area contributed by atoms with E-state index in [1.165, 1.54) is 0 Å². The van der Waals surface area contributed by atoms with Crippen molar-refractivity contribution in [1.29, 1.82) is 0 Å². The van der Waals surface area contributed by atoms with E-state index in [-0.39, 0.29) is 24.7 Å². The Balaban J connectivity index is 1.40. The number of morpholine rings is 1. The normalized spacial score (nSPS) is 17.2. The van der Waals surface area contributed by atoms with E-state index in [1.807, 2.05) is 42.6 Å². The van der Waals surface area contributed by atoms with Crippen LogP contribution < -0.4 is 0 Å². The minimum atomic E-state index is -0.167. The molecule has 1 aromatic carbocycles. The molecular weight excluding hydrogens is 354 g/mol. The first kappa shape index (κ1) is 18.8. The Morgan fingerprint density at radius 1 is 1.21 bits per heavy atom. The van der Waals surface area contributed by atoms with Crippen molar-refractivity contribution in [1.82, 2.24) is 9.88 Å². The molecule has 2 aromatic rings. The number of carbonyl (C=O) groups excluding carboxylic acids is 1. The molecule has 0 spiro atoms. The Kier molecular flexibility index (Phi) is 5.78. The SMILES string of the molecule is O=C(Cc1cc2c(cn1)C(N1CCOCC1)=NC2)C[C@H](CO)c1ccccc1. The fourth-order valence-corrected chi connectivity index (χ4v) is 3.83. The maximum atomic E-state index is 12.6. The summed E-state index contributed by atoms with van der Waals surface area (Å²) in [6.45, 7) is 3.74. The molecule has 1 aromatic heterocycles. The van der Waals surface area contributed by atoms with Crippen LogP contribution in [0.1, 0.15) is 34.7 Å². The second-order valence-electron chi connectivity index (χ2n) is 7.28. The van der Waals surface area contributed by atoms with Gasteiger partial charge in [-0.1, -0.05) is 30.3 Å². The summed E-state index contributed by atoms with van der Waals surface area (Å²) in [4.78, 5) is 24.0. The zero-order valence-electron chi connectivity index (χ0n) is 15.9. The zero-order chi connectivity index (χ0) is 19.3. The number of carbonyl (C=O) groups is 1. The van der Waals surface area contributed by atoms with Crippen LogP contribution >= 0.6 is 0 Å². The Morgan fingerprint density at radius 2 is 2.00 bits per heavy atom. The van der Waals surface area contributed by atoms with Gasteiger partial charge in [-0.3, -0.25) is 14.8 Å². The molecule has 1 saturated heterocycles. The number of fused-ring (bicyclic) bond motifs is 1. The third-order valence-corrected chi connectivity index (χ3v) is 5.34. The first-order chi connectivity index (χ1) is 13.7. The minimum Gasteiger partial charge on any atom is -0.396 e. The number of benzene rings is 1. The highest BCUT2D eigenvalue weighted by Crippen LogP contribution is 2.23. The smallest absolute Gasteiger partial charge is 0.139 e. The number of hydrogen-bond acceptors (Lipinski definition) is 6. The minimum absolute atomic E-state index is 0.0376. The molecule has 0 radical (unpaired) electrons. The molecule has 28 heavy (non-hydrogen) atoms. The molecule has 4 rings (SSSR count). The van der Waals surface area contributed by atoms with Gasteiger partial charge in [-0.15, -0.1) is 0 Å². The number of hydrogen-bond donors (Lipinski definition) is 1. The van der Waals surface area contributed by atoms with E-state index in [1.54, 1.807) is 0 Å². The highest BCUT2D eigenvalue weighted by Gasteiger charge is 2.24. The maximum absolute atomic E-state index is 12.6. The van der Waals surface area contributed by atoms with Gasteiger partial charge in [-0.2, -0.15) is 0 Å². The van der Waals surface area contributed by atoms with Crippen molar-refractivity contribution in [3.63, 3.8) is 0 Å². The molecule has 2 aliphatic heterocycles. The van der Waals surface area contributed by atoms with Gasteiger partial charge in [0.05, 0.1) is 26.4 Å². The van der Waals surface area contributed by atoms with Gasteiger partial charge in [-0.25, -0.2) is 0 Å². The van der Waals surface area contributed by atoms with Crippen molar-refractivity contribution in [3.05, 3.63) is 65.0 Å². The average Bonchev–Trinajstić information content (AvgIpc) is 3.16. The summed E-state index contributed by atoms with van der Waals surface area (Å²) in [7, 11) is 0. The summed E-state index contributed by atoms with van der Waals surface area (Å²) in [6.07, 6.45) is 2.44. The van der Waals surface area contributed by atoms with Crippen molar-refractivity contribution in [2.24, 2.45) is 4.99 Å². The van der Waals surface area contributed by atoms with Crippen molar-refractivity contribution in [2.45, 2.75) is 25.3 Å². The second kappa shape index (κ2) is 8.63. The summed E-state index contributed by atoms with van der Waals surface area (Å²) in [5, 5.41) is 9.68. The summed E-state index contributed by atoms with van der Waals surface area (Å²) in [5.74, 6) is 0.912. The van der Waals surface area contributed by atoms with Crippen molar-refractivity contribution >= 4 is 11.6 Å². The van der Waals surface area contributed by atoms with Crippen LogP contribution in [0.3, 0.4) is 0 Å². The number of aliphatic hydroxyl groups excluding tert-OH is 1. The number of ether oxygens (including phenoxy) is 1. The molecule has 6 heteroatoms. The topological polar surface area (TPSA) is 75.0 Å². The number of rotatable bonds is 6. The van der Waals surface area contributed by atoms with E-state index in [0.29, 0.717) is 13.0 Å². The van der Waals surface area contributed by atoms with Crippen molar-refractivity contribution in [2.75, 3.05) is 32.9 Å². The summed E-state index contributed by atoms with van der Waals surface area (Å²) in [5.41, 5.74) is 3.95. The molecule has 0 unspecified atom stereocenters. The first-order valence-corrected chi connectivity index (χ1v) is 9.77. The highest BCUT2D eigenvalue weighted by molar-refractivity contribution is 6.01. The standard InChI is InChI=1S/C22H25N3O3/c26-15-18(16-4-2-1-3-5-16)11-20(27)12-19-10-17-13-24-22(21(17)14-23-19)25-6-8-28-9-7-25/h1-5,10,14,18,26H,6-9,11-13,15H2/t18-/m1/s1. The number of nitrogens with zero attached hydrogens (tertiary/aromatic N) is 3. The van der Waals surface area contributed by atoms with Crippen LogP contribution in [0.5, 0.6) is 0 Å². The van der Waals surface area contributed by atoms with Gasteiger partial charge in [0.2, 0.25) is 0 Å². The summed E-state index contributed by atoms with van der Waals surface area (Å²) >= 11 is 0. The van der Waals surface area contributed by atoms with E-state index in [2.05, 4.69) is 14.9 Å². The van der Waals surface area contributed by atoms with Crippen LogP contribution in [0, 0.1) is 0 Å². The number of ketones is 1. The van der Waals surface area contributed by atoms with Gasteiger partial charge in [0.1, 0.15) is 11.6 Å². The van der Waals surface area contributed by atoms with E-state index in [0.717, 1.165) is 54.5 Å². The molecule has 3 heterocycles. The molecule has 1 atom stereocenters. The first-order valence-electron chi connectivity index (χ1n) is 9.77. The lowest BCUT2D eigenvalue weighted by atomic mass is 9.93. The van der Waals surface area contributed by atoms with E-state index < -0.39 is 0 Å². The lowest BCUT2D eigenvalue weighted by molar-refractivity contribution is -0.119. The Hall–Kier alpha value is -2.57. The van der Waals surface area contributed by atoms with Crippen LogP contribution in [-0.2, 0) is 22.5 Å². The van der Waals surface area contributed by atoms with Crippen molar-refractivity contribution in [3.8, 4) is 0 Å². The predicted molar refractivity (Wildman–Crippen MR) is 106 cm³/mol. The molecular formula is C22H25N3O3. The third kappa shape index (κ3) is 4.13. The number of Topliss-reactive ketones (excluding diaryl/α,β-unsaturated/α-hetero) is 1. The van der Waals surface area contributed by atoms with Gasteiger partial charge in [0.15, 0.2) is 0 Å². The fraction of sp³-hybridized carbons (Fsp3) is 0.409. The van der Waals surface area contributed by atoms with Crippen LogP contribution in [0.4, 0.5) is 0 Å². The number of aliphatic hydroxyl groups is 1. The monoisotopic (exact) mass is 379 g/mol. The van der Waals surface area contributed by atoms with Crippen molar-refractivity contribution < 1.29 is 14.6 Å². The molecule has 146 valence electrons. The van der Waals surface area contributed by atoms with Gasteiger partial charge in [-0.05, 0) is 17.2 Å². The average molecular weight is 379 g/mol. The highest BCUT2D eigenvalue weighted by atomic mass is 16.5. The van der Waals surface area contributed by atoms with E-state index in [4.69, 9.17) is 4.74 Å². The number of amidine groups is 1. The molecule has 0 aliphatic carbocycles. The number of pyridine rings is 1. The Morgan fingerprint density at radius 3 is 2.75 bits per heavy atom. The molecule has 6 nitrogen and oxygen atoms in total. The molecule has 2 aliphatic rings. The van der Waals surface area contributed by atoms with Crippen LogP contribution in [-0.4, -0.2) is 59.5 Å². The quantitative estimate of drug-likeness (QED) is 0.830. The Bertz CT molecular complexity index is 861. The molecule has 0 saturated carbocycles. The molecule has 0 bridgehead atoms. The summed E-state index contributed by atoms with van der Waals surface area (Å²) < 4.78 is 5.42. The predicted octanol–water partition coefficient (Wildman–Crippen LogP) is 1.95. The van der Waals surface area contributed by atoms with E-state index in [9.17, 15) is 9.90 Å². The summed E-state index contributed by atoms with van der Waals surface area (Å²) in [6, 6.07) is 11.7. The fourth-order valence-electron chi connectivity index (χ4n) is 3.83. The van der Waals surface area contributed by atoms with Gasteiger partial charge < -0.3 is 14.7 Å². The Labute approximate surface area is 164 Å². The molecule has 1 fully saturated rings. The van der Waals surface area contributed by atoms with Crippen LogP contribution in [0.2, 0.25) is 0 Å². The van der Waals surface area contributed by atoms with Gasteiger partial charge in [0, 0.05) is 49.3 Å². The van der Waals surface area contributed by atoms with Gasteiger partial charge in [0.25, 0.3) is 0 Å². The van der Waals surface area contributed by atoms with Crippen LogP contribution in [0.15, 0.2) is 47.6 Å². The van der Waals surface area contributed by atoms with Crippen LogP contribution in [0.25, 0.3) is 0 Å². The van der Waals surface area contributed by atoms with E-state index >= 15 is 0 Å². The second-order valence-corrected chi connectivity index (χ2v) is 7.28. The third-order valence-electron chi connectivity index (χ3n) is 5.34.